The van der Waals surface area contributed by atoms with Crippen LogP contribution in [0.15, 0.2) is 0 Å². The lowest BCUT2D eigenvalue weighted by molar-refractivity contribution is 0.0568. The van der Waals surface area contributed by atoms with Gasteiger partial charge >= 0.3 is 0 Å². The molecule has 1 aromatic rings. The molecule has 1 saturated carbocycles. The number of Topliss-reactive ketones (excluding diaryl/α,β-unsaturated/α-hetero) is 1. The minimum absolute atomic E-state index is 0.0702. The summed E-state index contributed by atoms with van der Waals surface area (Å²) in [5.41, 5.74) is 3.26. The number of carbonyl (C=O) groups is 2. The standard InChI is InChI=1S/C19H27N3O2/c1-13-17-15(7-4-8-16(17)23)20-18(13)19(24)22-11-9-21(10-12-22)14-5-2-3-6-14/h14,20H,2-12H2,1H3. The average Bonchev–Trinajstić information content (AvgIpc) is 3.23. The molecular weight excluding hydrogens is 302 g/mol. The number of nitrogens with one attached hydrogen (secondary N) is 1. The van der Waals surface area contributed by atoms with Crippen molar-refractivity contribution in [1.82, 2.24) is 14.8 Å². The number of aryl methyl sites for hydroxylation is 1. The summed E-state index contributed by atoms with van der Waals surface area (Å²) in [5.74, 6) is 0.260. The van der Waals surface area contributed by atoms with E-state index in [1.165, 1.54) is 25.7 Å². The van der Waals surface area contributed by atoms with E-state index in [0.29, 0.717) is 12.1 Å². The van der Waals surface area contributed by atoms with E-state index >= 15 is 0 Å². The summed E-state index contributed by atoms with van der Waals surface area (Å²) in [5, 5.41) is 0. The molecule has 1 amide bonds. The van der Waals surface area contributed by atoms with Gasteiger partial charge < -0.3 is 9.88 Å². The minimum Gasteiger partial charge on any atom is -0.354 e. The Kier molecular flexibility index (Phi) is 4.21. The molecule has 4 rings (SSSR count). The van der Waals surface area contributed by atoms with Gasteiger partial charge in [0.25, 0.3) is 5.91 Å². The summed E-state index contributed by atoms with van der Waals surface area (Å²) in [6, 6.07) is 0.736. The van der Waals surface area contributed by atoms with E-state index in [1.54, 1.807) is 0 Å². The second-order valence-corrected chi connectivity index (χ2v) is 7.52. The number of nitrogens with zero attached hydrogens (tertiary/aromatic N) is 2. The van der Waals surface area contributed by atoms with Crippen LogP contribution in [0.1, 0.15) is 70.6 Å². The molecule has 1 aromatic heterocycles. The molecule has 0 radical (unpaired) electrons. The van der Waals surface area contributed by atoms with Gasteiger partial charge in [0, 0.05) is 49.9 Å². The minimum atomic E-state index is 0.0702. The molecule has 3 aliphatic rings. The molecule has 0 unspecified atom stereocenters. The molecule has 0 aromatic carbocycles. The summed E-state index contributed by atoms with van der Waals surface area (Å²) in [4.78, 5) is 32.9. The van der Waals surface area contributed by atoms with Gasteiger partial charge in [0.15, 0.2) is 5.78 Å². The number of amides is 1. The third-order valence-electron chi connectivity index (χ3n) is 6.09. The zero-order valence-corrected chi connectivity index (χ0v) is 14.6. The third-order valence-corrected chi connectivity index (χ3v) is 6.09. The van der Waals surface area contributed by atoms with Crippen LogP contribution in [-0.2, 0) is 6.42 Å². The van der Waals surface area contributed by atoms with Crippen molar-refractivity contribution in [3.63, 3.8) is 0 Å². The summed E-state index contributed by atoms with van der Waals surface area (Å²) >= 11 is 0. The number of ketones is 1. The molecule has 0 spiro atoms. The number of piperazine rings is 1. The largest absolute Gasteiger partial charge is 0.354 e. The highest BCUT2D eigenvalue weighted by Crippen LogP contribution is 2.28. The first-order chi connectivity index (χ1) is 11.6. The molecule has 0 atom stereocenters. The van der Waals surface area contributed by atoms with Gasteiger partial charge in [-0.25, -0.2) is 0 Å². The Morgan fingerprint density at radius 1 is 1.04 bits per heavy atom. The van der Waals surface area contributed by atoms with Crippen LogP contribution in [0.5, 0.6) is 0 Å². The first-order valence-electron chi connectivity index (χ1n) is 9.43. The van der Waals surface area contributed by atoms with Gasteiger partial charge in [0.1, 0.15) is 5.69 Å². The Bertz CT molecular complexity index is 650. The fraction of sp³-hybridized carbons (Fsp3) is 0.684. The number of hydrogen-bond donors (Lipinski definition) is 1. The van der Waals surface area contributed by atoms with Crippen LogP contribution in [0.25, 0.3) is 0 Å². The van der Waals surface area contributed by atoms with Crippen molar-refractivity contribution in [2.75, 3.05) is 26.2 Å². The second-order valence-electron chi connectivity index (χ2n) is 7.52. The van der Waals surface area contributed by atoms with E-state index in [4.69, 9.17) is 0 Å². The topological polar surface area (TPSA) is 56.4 Å². The normalized spacial score (nSPS) is 22.9. The Labute approximate surface area is 143 Å². The molecule has 2 heterocycles. The van der Waals surface area contributed by atoms with Crippen LogP contribution < -0.4 is 0 Å². The summed E-state index contributed by atoms with van der Waals surface area (Å²) in [7, 11) is 0. The van der Waals surface area contributed by atoms with Gasteiger partial charge in [-0.15, -0.1) is 0 Å². The van der Waals surface area contributed by atoms with Crippen LogP contribution >= 0.6 is 0 Å². The Hall–Kier alpha value is -1.62. The maximum Gasteiger partial charge on any atom is 0.270 e. The molecule has 1 N–H and O–H groups in total. The first-order valence-corrected chi connectivity index (χ1v) is 9.43. The van der Waals surface area contributed by atoms with Crippen LogP contribution in [0.3, 0.4) is 0 Å². The first kappa shape index (κ1) is 15.9. The van der Waals surface area contributed by atoms with Crippen molar-refractivity contribution >= 4 is 11.7 Å². The van der Waals surface area contributed by atoms with Crippen molar-refractivity contribution in [2.45, 2.75) is 57.9 Å². The van der Waals surface area contributed by atoms with Gasteiger partial charge in [-0.1, -0.05) is 12.8 Å². The predicted octanol–water partition coefficient (Wildman–Crippen LogP) is 2.54. The van der Waals surface area contributed by atoms with Crippen molar-refractivity contribution < 1.29 is 9.59 Å². The fourth-order valence-corrected chi connectivity index (χ4v) is 4.71. The van der Waals surface area contributed by atoms with Gasteiger partial charge in [-0.2, -0.15) is 0 Å². The lowest BCUT2D eigenvalue weighted by Gasteiger charge is -2.38. The number of aromatic amines is 1. The summed E-state index contributed by atoms with van der Waals surface area (Å²) in [6.45, 7) is 5.48. The lowest BCUT2D eigenvalue weighted by Crippen LogP contribution is -2.51. The van der Waals surface area contributed by atoms with E-state index < -0.39 is 0 Å². The molecule has 130 valence electrons. The maximum atomic E-state index is 12.9. The fourth-order valence-electron chi connectivity index (χ4n) is 4.71. The van der Waals surface area contributed by atoms with Crippen molar-refractivity contribution in [1.29, 1.82) is 0 Å². The highest BCUT2D eigenvalue weighted by atomic mass is 16.2. The molecule has 2 fully saturated rings. The van der Waals surface area contributed by atoms with Crippen LogP contribution in [0.2, 0.25) is 0 Å². The van der Waals surface area contributed by atoms with E-state index in [0.717, 1.165) is 61.9 Å². The number of H-pyrrole nitrogens is 1. The quantitative estimate of drug-likeness (QED) is 0.907. The summed E-state index contributed by atoms with van der Waals surface area (Å²) in [6.07, 6.45) is 7.72. The van der Waals surface area contributed by atoms with Crippen molar-refractivity contribution in [3.8, 4) is 0 Å². The number of fused-ring (bicyclic) bond motifs is 1. The van der Waals surface area contributed by atoms with Gasteiger partial charge in [-0.3, -0.25) is 14.5 Å². The molecule has 1 aliphatic heterocycles. The third kappa shape index (κ3) is 2.69. The maximum absolute atomic E-state index is 12.9. The van der Waals surface area contributed by atoms with Crippen LogP contribution in [0, 0.1) is 6.92 Å². The van der Waals surface area contributed by atoms with E-state index in [2.05, 4.69) is 9.88 Å². The highest BCUT2D eigenvalue weighted by molar-refractivity contribution is 6.04. The lowest BCUT2D eigenvalue weighted by atomic mass is 9.93. The SMILES string of the molecule is Cc1c(C(=O)N2CCN(C3CCCC3)CC2)[nH]c2c1C(=O)CCC2. The average molecular weight is 329 g/mol. The number of carbonyl (C=O) groups excluding carboxylic acids is 2. The monoisotopic (exact) mass is 329 g/mol. The van der Waals surface area contributed by atoms with E-state index in [1.807, 2.05) is 11.8 Å². The zero-order chi connectivity index (χ0) is 16.7. The molecule has 0 bridgehead atoms. The van der Waals surface area contributed by atoms with E-state index in [9.17, 15) is 9.59 Å². The molecule has 24 heavy (non-hydrogen) atoms. The smallest absolute Gasteiger partial charge is 0.270 e. The number of aromatic nitrogens is 1. The van der Waals surface area contributed by atoms with Crippen LogP contribution in [0.4, 0.5) is 0 Å². The Balaban J connectivity index is 1.46. The van der Waals surface area contributed by atoms with Crippen LogP contribution in [-0.4, -0.2) is 58.7 Å². The molecule has 5 heteroatoms. The summed E-state index contributed by atoms with van der Waals surface area (Å²) < 4.78 is 0. The molecule has 2 aliphatic carbocycles. The zero-order valence-electron chi connectivity index (χ0n) is 14.6. The number of hydrogen-bond acceptors (Lipinski definition) is 3. The Morgan fingerprint density at radius 2 is 1.75 bits per heavy atom. The number of rotatable bonds is 2. The Morgan fingerprint density at radius 3 is 2.42 bits per heavy atom. The van der Waals surface area contributed by atoms with Gasteiger partial charge in [0.2, 0.25) is 0 Å². The van der Waals surface area contributed by atoms with Crippen molar-refractivity contribution in [2.24, 2.45) is 0 Å². The molecule has 5 nitrogen and oxygen atoms in total. The highest BCUT2D eigenvalue weighted by Gasteiger charge is 2.31. The molecular formula is C19H27N3O2. The second kappa shape index (κ2) is 6.36. The molecule has 1 saturated heterocycles. The van der Waals surface area contributed by atoms with Gasteiger partial charge in [-0.05, 0) is 38.2 Å². The predicted molar refractivity (Wildman–Crippen MR) is 92.5 cm³/mol. The van der Waals surface area contributed by atoms with E-state index in [-0.39, 0.29) is 11.7 Å². The van der Waals surface area contributed by atoms with Gasteiger partial charge in [0.05, 0.1) is 0 Å². The van der Waals surface area contributed by atoms with Crippen molar-refractivity contribution in [3.05, 3.63) is 22.5 Å².